The second-order valence-electron chi connectivity index (χ2n) is 6.46. The molecule has 1 aromatic carbocycles. The van der Waals surface area contributed by atoms with Gasteiger partial charge in [-0.2, -0.15) is 13.2 Å². The molecule has 0 amide bonds. The molecule has 1 aliphatic rings. The molecule has 1 saturated carbocycles. The number of hydrogen-bond donors (Lipinski definition) is 0. The summed E-state index contributed by atoms with van der Waals surface area (Å²) in [5, 5.41) is 0. The van der Waals surface area contributed by atoms with Crippen LogP contribution in [0.25, 0.3) is 0 Å². The van der Waals surface area contributed by atoms with Crippen LogP contribution in [0, 0.1) is 5.92 Å². The minimum absolute atomic E-state index is 0.391. The molecule has 0 spiro atoms. The van der Waals surface area contributed by atoms with Crippen LogP contribution >= 0.6 is 0 Å². The third-order valence-electron chi connectivity index (χ3n) is 3.59. The Bertz CT molecular complexity index is 563. The summed E-state index contributed by atoms with van der Waals surface area (Å²) in [6, 6.07) is 4.84. The first-order valence-corrected chi connectivity index (χ1v) is 10.4. The van der Waals surface area contributed by atoms with Crippen LogP contribution in [0.5, 0.6) is 0 Å². The highest BCUT2D eigenvalue weighted by molar-refractivity contribution is 6.69. The van der Waals surface area contributed by atoms with Crippen molar-refractivity contribution in [3.8, 4) is 0 Å². The van der Waals surface area contributed by atoms with Crippen molar-refractivity contribution in [2.75, 3.05) is 7.11 Å². The molecule has 1 fully saturated rings. The molecule has 22 heavy (non-hydrogen) atoms. The van der Waals surface area contributed by atoms with Crippen LogP contribution in [0.15, 0.2) is 24.3 Å². The topological polar surface area (TPSA) is 35.5 Å². The summed E-state index contributed by atoms with van der Waals surface area (Å²) in [5.41, 5.74) is -0.963. The monoisotopic (exact) mass is 332 g/mol. The first-order chi connectivity index (χ1) is 9.99. The molecule has 3 nitrogen and oxygen atoms in total. The van der Waals surface area contributed by atoms with Gasteiger partial charge in [0.15, 0.2) is 8.32 Å². The Morgan fingerprint density at radius 2 is 1.77 bits per heavy atom. The normalized spacial score (nSPS) is 25.0. The maximum Gasteiger partial charge on any atom is 0.416 e. The average Bonchev–Trinajstić information content (AvgIpc) is 3.10. The molecule has 2 atom stereocenters. The van der Waals surface area contributed by atoms with Crippen molar-refractivity contribution in [2.45, 2.75) is 37.8 Å². The zero-order chi connectivity index (χ0) is 16.8. The highest BCUT2D eigenvalue weighted by Crippen LogP contribution is 2.57. The van der Waals surface area contributed by atoms with E-state index in [9.17, 15) is 18.0 Å². The number of carbonyl (C=O) groups excluding carboxylic acids is 1. The number of alkyl halides is 3. The lowest BCUT2D eigenvalue weighted by molar-refractivity contribution is -0.144. The molecule has 2 rings (SSSR count). The van der Waals surface area contributed by atoms with Crippen LogP contribution in [0.2, 0.25) is 19.6 Å². The zero-order valence-electron chi connectivity index (χ0n) is 13.0. The third-order valence-corrected chi connectivity index (χ3v) is 4.56. The smallest absolute Gasteiger partial charge is 0.416 e. The number of methoxy groups -OCH3 is 1. The van der Waals surface area contributed by atoms with Crippen LogP contribution in [0.3, 0.4) is 0 Å². The Kier molecular flexibility index (Phi) is 4.16. The van der Waals surface area contributed by atoms with E-state index in [4.69, 9.17) is 9.16 Å². The number of ether oxygens (including phenoxy) is 1. The van der Waals surface area contributed by atoms with Gasteiger partial charge in [-0.1, -0.05) is 12.1 Å². The van der Waals surface area contributed by atoms with Gasteiger partial charge in [-0.15, -0.1) is 0 Å². The van der Waals surface area contributed by atoms with Gasteiger partial charge in [0.2, 0.25) is 0 Å². The summed E-state index contributed by atoms with van der Waals surface area (Å²) in [4.78, 5) is 11.8. The van der Waals surface area contributed by atoms with E-state index in [1.807, 2.05) is 19.6 Å². The van der Waals surface area contributed by atoms with E-state index < -0.39 is 37.5 Å². The van der Waals surface area contributed by atoms with Crippen molar-refractivity contribution >= 4 is 14.3 Å². The number of rotatable bonds is 4. The predicted molar refractivity (Wildman–Crippen MR) is 77.7 cm³/mol. The molecule has 0 saturated heterocycles. The average molecular weight is 332 g/mol. The summed E-state index contributed by atoms with van der Waals surface area (Å²) < 4.78 is 48.9. The summed E-state index contributed by atoms with van der Waals surface area (Å²) in [7, 11) is -0.695. The minimum atomic E-state index is -4.38. The number of hydrogen-bond acceptors (Lipinski definition) is 3. The fourth-order valence-electron chi connectivity index (χ4n) is 2.64. The van der Waals surface area contributed by atoms with Gasteiger partial charge in [-0.3, -0.25) is 4.79 Å². The van der Waals surface area contributed by atoms with Gasteiger partial charge in [0, 0.05) is 0 Å². The summed E-state index contributed by atoms with van der Waals surface area (Å²) in [6.45, 7) is 5.93. The molecule has 7 heteroatoms. The molecule has 0 heterocycles. The molecule has 1 aliphatic carbocycles. The van der Waals surface area contributed by atoms with Gasteiger partial charge < -0.3 is 9.16 Å². The first-order valence-electron chi connectivity index (χ1n) is 6.95. The SMILES string of the molecule is COC(=O)[C@H]1C[C@@]1(O[Si](C)(C)C)c1ccc(C(F)(F)F)cc1. The van der Waals surface area contributed by atoms with Crippen molar-refractivity contribution in [1.29, 1.82) is 0 Å². The fraction of sp³-hybridized carbons (Fsp3) is 0.533. The molecule has 0 unspecified atom stereocenters. The standard InChI is InChI=1S/C15H19F3O3Si/c1-20-13(19)12-9-14(12,21-22(2,3)4)10-5-7-11(8-6-10)15(16,17)18/h5-8,12H,9H2,1-4H3/t12-,14-/m1/s1. The molecule has 0 bridgehead atoms. The van der Waals surface area contributed by atoms with Crippen molar-refractivity contribution < 1.29 is 27.1 Å². The fourth-order valence-corrected chi connectivity index (χ4v) is 4.07. The van der Waals surface area contributed by atoms with E-state index in [-0.39, 0.29) is 0 Å². The minimum Gasteiger partial charge on any atom is -0.469 e. The molecule has 1 aromatic rings. The highest BCUT2D eigenvalue weighted by atomic mass is 28.4. The van der Waals surface area contributed by atoms with Crippen molar-refractivity contribution in [3.05, 3.63) is 35.4 Å². The van der Waals surface area contributed by atoms with Crippen LogP contribution in [0.4, 0.5) is 13.2 Å². The third kappa shape index (κ3) is 3.35. The van der Waals surface area contributed by atoms with E-state index >= 15 is 0 Å². The molecule has 0 aromatic heterocycles. The van der Waals surface area contributed by atoms with E-state index in [0.29, 0.717) is 12.0 Å². The second-order valence-corrected chi connectivity index (χ2v) is 10.9. The Hall–Kier alpha value is -1.34. The maximum atomic E-state index is 12.7. The quantitative estimate of drug-likeness (QED) is 0.619. The molecule has 0 radical (unpaired) electrons. The van der Waals surface area contributed by atoms with Gasteiger partial charge in [0.1, 0.15) is 0 Å². The summed E-state index contributed by atoms with van der Waals surface area (Å²) >= 11 is 0. The van der Waals surface area contributed by atoms with Crippen molar-refractivity contribution in [3.63, 3.8) is 0 Å². The maximum absolute atomic E-state index is 12.7. The van der Waals surface area contributed by atoms with E-state index in [1.165, 1.54) is 19.2 Å². The highest BCUT2D eigenvalue weighted by Gasteiger charge is 2.62. The lowest BCUT2D eigenvalue weighted by Crippen LogP contribution is -2.34. The van der Waals surface area contributed by atoms with Crippen LogP contribution in [-0.2, 0) is 25.7 Å². The van der Waals surface area contributed by atoms with Gasteiger partial charge in [0.25, 0.3) is 0 Å². The number of benzene rings is 1. The Labute approximate surface area is 128 Å². The Morgan fingerprint density at radius 3 is 2.18 bits per heavy atom. The zero-order valence-corrected chi connectivity index (χ0v) is 14.0. The molecule has 0 N–H and O–H groups in total. The molecular formula is C15H19F3O3Si. The predicted octanol–water partition coefficient (Wildman–Crippen LogP) is 3.95. The van der Waals surface area contributed by atoms with E-state index in [1.54, 1.807) is 0 Å². The van der Waals surface area contributed by atoms with Crippen LogP contribution < -0.4 is 0 Å². The number of esters is 1. The van der Waals surface area contributed by atoms with Gasteiger partial charge >= 0.3 is 12.1 Å². The first kappa shape index (κ1) is 17.0. The largest absolute Gasteiger partial charge is 0.469 e. The Morgan fingerprint density at radius 1 is 1.23 bits per heavy atom. The van der Waals surface area contributed by atoms with Crippen LogP contribution in [-0.4, -0.2) is 21.4 Å². The lowest BCUT2D eigenvalue weighted by Gasteiger charge is -2.28. The molecule has 122 valence electrons. The van der Waals surface area contributed by atoms with Crippen molar-refractivity contribution in [2.24, 2.45) is 5.92 Å². The van der Waals surface area contributed by atoms with E-state index in [0.717, 1.165) is 12.1 Å². The molecular weight excluding hydrogens is 313 g/mol. The second kappa shape index (κ2) is 5.38. The summed E-state index contributed by atoms with van der Waals surface area (Å²) in [5.74, 6) is -0.848. The van der Waals surface area contributed by atoms with Crippen LogP contribution in [0.1, 0.15) is 17.5 Å². The van der Waals surface area contributed by atoms with Crippen molar-refractivity contribution in [1.82, 2.24) is 0 Å². The van der Waals surface area contributed by atoms with E-state index in [2.05, 4.69) is 0 Å². The molecule has 0 aliphatic heterocycles. The Balaban J connectivity index is 2.34. The summed E-state index contributed by atoms with van der Waals surface area (Å²) in [6.07, 6.45) is -3.94. The number of halogens is 3. The number of carbonyl (C=O) groups is 1. The van der Waals surface area contributed by atoms with Gasteiger partial charge in [-0.05, 0) is 43.8 Å². The van der Waals surface area contributed by atoms with Gasteiger partial charge in [0.05, 0.1) is 24.2 Å². The van der Waals surface area contributed by atoms with Gasteiger partial charge in [-0.25, -0.2) is 0 Å². The lowest BCUT2D eigenvalue weighted by atomic mass is 10.0.